The largest absolute Gasteiger partial charge is 0.342 e. The van der Waals surface area contributed by atoms with Crippen molar-refractivity contribution in [3.8, 4) is 0 Å². The Morgan fingerprint density at radius 3 is 2.92 bits per heavy atom. The number of rotatable bonds is 3. The molecule has 1 saturated carbocycles. The van der Waals surface area contributed by atoms with Gasteiger partial charge in [-0.3, -0.25) is 10.1 Å². The lowest BCUT2D eigenvalue weighted by Gasteiger charge is -2.18. The van der Waals surface area contributed by atoms with Crippen LogP contribution in [0.1, 0.15) is 59.2 Å². The Bertz CT molecular complexity index is 878. The molecule has 0 atom stereocenters. The summed E-state index contributed by atoms with van der Waals surface area (Å²) in [6.07, 6.45) is 6.19. The monoisotopic (exact) mass is 341 g/mol. The summed E-state index contributed by atoms with van der Waals surface area (Å²) in [6.45, 7) is 1.90. The maximum Gasteiger partial charge on any atom is 0.257 e. The predicted octanol–water partition coefficient (Wildman–Crippen LogP) is 4.02. The van der Waals surface area contributed by atoms with Gasteiger partial charge in [-0.1, -0.05) is 30.6 Å². The zero-order chi connectivity index (χ0) is 16.5. The molecule has 0 saturated heterocycles. The van der Waals surface area contributed by atoms with Crippen molar-refractivity contribution in [3.63, 3.8) is 0 Å². The van der Waals surface area contributed by atoms with Gasteiger partial charge in [0.15, 0.2) is 0 Å². The van der Waals surface area contributed by atoms with Crippen LogP contribution in [0.2, 0.25) is 0 Å². The number of aryl methyl sites for hydroxylation is 1. The number of hydrogen-bond acceptors (Lipinski definition) is 5. The molecule has 2 N–H and O–H groups in total. The predicted molar refractivity (Wildman–Crippen MR) is 94.5 cm³/mol. The molecule has 1 aliphatic carbocycles. The number of aromatic amines is 1. The second kappa shape index (κ2) is 6.32. The maximum atomic E-state index is 12.4. The smallest absolute Gasteiger partial charge is 0.257 e. The fourth-order valence-corrected chi connectivity index (χ4v) is 4.15. The van der Waals surface area contributed by atoms with E-state index >= 15 is 0 Å². The summed E-state index contributed by atoms with van der Waals surface area (Å²) >= 11 is 1.50. The molecule has 2 aromatic heterocycles. The normalized spacial score (nSPS) is 15.7. The van der Waals surface area contributed by atoms with E-state index in [1.54, 1.807) is 6.07 Å². The van der Waals surface area contributed by atoms with Gasteiger partial charge in [-0.05, 0) is 38.0 Å². The summed E-state index contributed by atoms with van der Waals surface area (Å²) < 4.78 is 0. The van der Waals surface area contributed by atoms with Gasteiger partial charge in [0.1, 0.15) is 10.8 Å². The molecule has 124 valence electrons. The van der Waals surface area contributed by atoms with Crippen LogP contribution >= 0.6 is 11.3 Å². The molecule has 0 unspecified atom stereocenters. The van der Waals surface area contributed by atoms with Gasteiger partial charge in [0, 0.05) is 11.5 Å². The third-order valence-electron chi connectivity index (χ3n) is 4.48. The van der Waals surface area contributed by atoms with Gasteiger partial charge in [-0.2, -0.15) is 0 Å². The van der Waals surface area contributed by atoms with E-state index < -0.39 is 0 Å². The molecular formula is C17H19N5OS. The number of H-pyrrole nitrogens is 1. The number of aromatic nitrogens is 4. The van der Waals surface area contributed by atoms with Crippen LogP contribution in [0.25, 0.3) is 11.0 Å². The van der Waals surface area contributed by atoms with Crippen LogP contribution in [0.4, 0.5) is 5.13 Å². The molecule has 3 aromatic rings. The second-order valence-electron chi connectivity index (χ2n) is 6.29. The lowest BCUT2D eigenvalue weighted by atomic mass is 9.90. The van der Waals surface area contributed by atoms with Crippen molar-refractivity contribution in [1.82, 2.24) is 20.2 Å². The zero-order valence-corrected chi connectivity index (χ0v) is 14.3. The fourth-order valence-electron chi connectivity index (χ4n) is 3.25. The number of hydrogen-bond donors (Lipinski definition) is 2. The highest BCUT2D eigenvalue weighted by Gasteiger charge is 2.20. The van der Waals surface area contributed by atoms with Crippen molar-refractivity contribution in [1.29, 1.82) is 0 Å². The number of carbonyl (C=O) groups excluding carboxylic acids is 1. The Hall–Kier alpha value is -2.28. The quantitative estimate of drug-likeness (QED) is 0.753. The number of nitrogens with zero attached hydrogens (tertiary/aromatic N) is 3. The van der Waals surface area contributed by atoms with Gasteiger partial charge >= 0.3 is 0 Å². The van der Waals surface area contributed by atoms with Crippen molar-refractivity contribution in [2.75, 3.05) is 5.32 Å². The van der Waals surface area contributed by atoms with Gasteiger partial charge in [0.05, 0.1) is 11.0 Å². The minimum atomic E-state index is -0.171. The van der Waals surface area contributed by atoms with Crippen molar-refractivity contribution < 1.29 is 4.79 Å². The molecule has 0 radical (unpaired) electrons. The molecule has 1 fully saturated rings. The average Bonchev–Trinajstić information content (AvgIpc) is 3.20. The first-order valence-corrected chi connectivity index (χ1v) is 9.12. The van der Waals surface area contributed by atoms with E-state index in [4.69, 9.17) is 0 Å². The van der Waals surface area contributed by atoms with Crippen LogP contribution < -0.4 is 5.32 Å². The standard InChI is InChI=1S/C17H19N5OS/c1-10-18-13-8-7-12(9-14(13)19-10)15(23)20-17-22-21-16(24-17)11-5-3-2-4-6-11/h7-9,11H,2-6H2,1H3,(H,18,19)(H,20,22,23). The number of anilines is 1. The average molecular weight is 341 g/mol. The summed E-state index contributed by atoms with van der Waals surface area (Å²) in [5.74, 6) is 1.17. The minimum absolute atomic E-state index is 0.171. The summed E-state index contributed by atoms with van der Waals surface area (Å²) in [4.78, 5) is 19.9. The first-order valence-electron chi connectivity index (χ1n) is 8.30. The number of nitrogens with one attached hydrogen (secondary N) is 2. The molecule has 1 aromatic carbocycles. The molecule has 24 heavy (non-hydrogen) atoms. The van der Waals surface area contributed by atoms with Crippen LogP contribution in [0.5, 0.6) is 0 Å². The number of amides is 1. The lowest BCUT2D eigenvalue weighted by Crippen LogP contribution is -2.11. The van der Waals surface area contributed by atoms with Crippen LogP contribution in [-0.2, 0) is 0 Å². The molecule has 1 amide bonds. The Labute approximate surface area is 143 Å². The summed E-state index contributed by atoms with van der Waals surface area (Å²) in [7, 11) is 0. The second-order valence-corrected chi connectivity index (χ2v) is 7.30. The first kappa shape index (κ1) is 15.3. The molecule has 0 spiro atoms. The van der Waals surface area contributed by atoms with Crippen molar-refractivity contribution >= 4 is 33.4 Å². The van der Waals surface area contributed by atoms with Crippen molar-refractivity contribution in [2.45, 2.75) is 44.9 Å². The molecular weight excluding hydrogens is 322 g/mol. The van der Waals surface area contributed by atoms with Crippen LogP contribution in [0, 0.1) is 6.92 Å². The maximum absolute atomic E-state index is 12.4. The summed E-state index contributed by atoms with van der Waals surface area (Å²) in [6, 6.07) is 5.44. The van der Waals surface area contributed by atoms with Crippen molar-refractivity contribution in [2.24, 2.45) is 0 Å². The Morgan fingerprint density at radius 2 is 2.08 bits per heavy atom. The molecule has 6 nitrogen and oxygen atoms in total. The van der Waals surface area contributed by atoms with E-state index in [1.165, 1.54) is 43.4 Å². The highest BCUT2D eigenvalue weighted by molar-refractivity contribution is 7.15. The molecule has 0 aliphatic heterocycles. The SMILES string of the molecule is Cc1nc2ccc(C(=O)Nc3nnc(C4CCCCC4)s3)cc2[nH]1. The van der Waals surface area contributed by atoms with E-state index in [-0.39, 0.29) is 5.91 Å². The third-order valence-corrected chi connectivity index (χ3v) is 5.48. The third kappa shape index (κ3) is 3.03. The van der Waals surface area contributed by atoms with Gasteiger partial charge in [-0.15, -0.1) is 10.2 Å². The first-order chi connectivity index (χ1) is 11.7. The van der Waals surface area contributed by atoms with Crippen LogP contribution in [-0.4, -0.2) is 26.1 Å². The topological polar surface area (TPSA) is 83.6 Å². The van der Waals surface area contributed by atoms with Crippen molar-refractivity contribution in [3.05, 3.63) is 34.6 Å². The number of fused-ring (bicyclic) bond motifs is 1. The number of benzene rings is 1. The fraction of sp³-hybridized carbons (Fsp3) is 0.412. The molecule has 2 heterocycles. The van der Waals surface area contributed by atoms with E-state index in [0.29, 0.717) is 16.6 Å². The Kier molecular flexibility index (Phi) is 4.02. The summed E-state index contributed by atoms with van der Waals surface area (Å²) in [5, 5.41) is 12.9. The Morgan fingerprint density at radius 1 is 1.25 bits per heavy atom. The van der Waals surface area contributed by atoms with Gasteiger partial charge in [0.25, 0.3) is 5.91 Å². The van der Waals surface area contributed by atoms with Gasteiger partial charge in [-0.25, -0.2) is 4.98 Å². The molecule has 7 heteroatoms. The molecule has 4 rings (SSSR count). The van der Waals surface area contributed by atoms with Gasteiger partial charge in [0.2, 0.25) is 5.13 Å². The minimum Gasteiger partial charge on any atom is -0.342 e. The molecule has 1 aliphatic rings. The van der Waals surface area contributed by atoms with E-state index in [9.17, 15) is 4.79 Å². The zero-order valence-electron chi connectivity index (χ0n) is 13.5. The highest BCUT2D eigenvalue weighted by atomic mass is 32.1. The van der Waals surface area contributed by atoms with Crippen LogP contribution in [0.15, 0.2) is 18.2 Å². The lowest BCUT2D eigenvalue weighted by molar-refractivity contribution is 0.102. The van der Waals surface area contributed by atoms with E-state index in [1.807, 2.05) is 19.1 Å². The van der Waals surface area contributed by atoms with E-state index in [2.05, 4.69) is 25.5 Å². The highest BCUT2D eigenvalue weighted by Crippen LogP contribution is 2.35. The molecule has 0 bridgehead atoms. The summed E-state index contributed by atoms with van der Waals surface area (Å²) in [5.41, 5.74) is 2.31. The van der Waals surface area contributed by atoms with Crippen LogP contribution in [0.3, 0.4) is 0 Å². The van der Waals surface area contributed by atoms with Gasteiger partial charge < -0.3 is 4.98 Å². The number of imidazole rings is 1. The Balaban J connectivity index is 1.49. The number of carbonyl (C=O) groups is 1. The van der Waals surface area contributed by atoms with E-state index in [0.717, 1.165) is 21.9 Å².